The first-order chi connectivity index (χ1) is 7.61. The van der Waals surface area contributed by atoms with E-state index in [4.69, 9.17) is 0 Å². The van der Waals surface area contributed by atoms with Crippen LogP contribution >= 0.6 is 0 Å². The monoisotopic (exact) mass is 221 g/mol. The molecule has 0 saturated carbocycles. The molecule has 2 aromatic heterocycles. The summed E-state index contributed by atoms with van der Waals surface area (Å²) in [5.41, 5.74) is 0. The van der Waals surface area contributed by atoms with Crippen molar-refractivity contribution >= 4 is 0 Å². The van der Waals surface area contributed by atoms with Crippen LogP contribution in [0.1, 0.15) is 39.8 Å². The largest absolute Gasteiger partial charge is 0.270 e. The van der Waals surface area contributed by atoms with E-state index >= 15 is 0 Å². The molecule has 0 aliphatic heterocycles. The van der Waals surface area contributed by atoms with Crippen LogP contribution in [0.15, 0.2) is 30.9 Å². The van der Waals surface area contributed by atoms with E-state index in [0.29, 0.717) is 12.1 Å². The Hall–Kier alpha value is -1.65. The number of hydrogen-bond donors (Lipinski definition) is 0. The van der Waals surface area contributed by atoms with Gasteiger partial charge in [-0.25, -0.2) is 0 Å². The fraction of sp³-hybridized carbons (Fsp3) is 0.545. The van der Waals surface area contributed by atoms with Crippen molar-refractivity contribution in [2.24, 2.45) is 0 Å². The number of rotatable bonds is 2. The highest BCUT2D eigenvalue weighted by molar-refractivity contribution is 4.79. The van der Waals surface area contributed by atoms with Crippen LogP contribution in [0.4, 0.5) is 0 Å². The maximum absolute atomic E-state index is 4.03. The van der Waals surface area contributed by atoms with Crippen molar-refractivity contribution in [2.75, 3.05) is 0 Å². The zero-order valence-electron chi connectivity index (χ0n) is 10.3. The van der Waals surface area contributed by atoms with E-state index in [2.05, 4.69) is 43.1 Å². The summed E-state index contributed by atoms with van der Waals surface area (Å²) >= 11 is 0. The molecule has 2 aromatic rings. The molecule has 0 unspecified atom stereocenters. The Bertz CT molecular complexity index is 323. The van der Waals surface area contributed by atoms with E-state index in [1.165, 1.54) is 0 Å². The van der Waals surface area contributed by atoms with Gasteiger partial charge in [0.25, 0.3) is 0 Å². The predicted octanol–water partition coefficient (Wildman–Crippen LogP) is 2.32. The van der Waals surface area contributed by atoms with Gasteiger partial charge in [-0.1, -0.05) is 5.21 Å². The number of aromatic nitrogens is 5. The molecular weight excluding hydrogens is 202 g/mol. The molecule has 0 amide bonds. The summed E-state index contributed by atoms with van der Waals surface area (Å²) in [5.74, 6) is 0. The molecule has 0 aliphatic rings. The maximum Gasteiger partial charge on any atom is 0.0693 e. The van der Waals surface area contributed by atoms with Crippen molar-refractivity contribution in [1.29, 1.82) is 0 Å². The van der Waals surface area contributed by atoms with Crippen molar-refractivity contribution in [3.05, 3.63) is 30.9 Å². The predicted molar refractivity (Wildman–Crippen MR) is 63.0 cm³/mol. The Morgan fingerprint density at radius 2 is 1.56 bits per heavy atom. The lowest BCUT2D eigenvalue weighted by Crippen LogP contribution is -2.00. The number of hydrogen-bond acceptors (Lipinski definition) is 3. The topological polar surface area (TPSA) is 48.5 Å². The fourth-order valence-corrected chi connectivity index (χ4v) is 1.08. The summed E-state index contributed by atoms with van der Waals surface area (Å²) in [6.45, 7) is 8.34. The second kappa shape index (κ2) is 6.05. The van der Waals surface area contributed by atoms with E-state index in [1.54, 1.807) is 17.1 Å². The average Bonchev–Trinajstić information content (AvgIpc) is 2.93. The smallest absolute Gasteiger partial charge is 0.0693 e. The van der Waals surface area contributed by atoms with Gasteiger partial charge in [-0.15, -0.1) is 5.10 Å². The lowest BCUT2D eigenvalue weighted by Gasteiger charge is -2.01. The van der Waals surface area contributed by atoms with Crippen molar-refractivity contribution in [2.45, 2.75) is 39.8 Å². The first kappa shape index (κ1) is 12.4. The summed E-state index contributed by atoms with van der Waals surface area (Å²) in [6.07, 6.45) is 7.29. The van der Waals surface area contributed by atoms with Gasteiger partial charge in [-0.2, -0.15) is 5.10 Å². The first-order valence-electron chi connectivity index (χ1n) is 5.46. The lowest BCUT2D eigenvalue weighted by molar-refractivity contribution is 0.514. The zero-order valence-corrected chi connectivity index (χ0v) is 10.3. The van der Waals surface area contributed by atoms with Crippen LogP contribution in [-0.2, 0) is 0 Å². The van der Waals surface area contributed by atoms with Crippen LogP contribution in [0.25, 0.3) is 0 Å². The standard InChI is InChI=1S/C6H10N2.C5H9N3/c1-6(2)8-5-3-4-7-8;1-5(2)8-4-3-6-7-8/h3-6H,1-2H3;3-5H,1-2H3. The third-order valence-corrected chi connectivity index (χ3v) is 2.02. The van der Waals surface area contributed by atoms with Crippen LogP contribution in [0, 0.1) is 0 Å². The van der Waals surface area contributed by atoms with Gasteiger partial charge >= 0.3 is 0 Å². The Labute approximate surface area is 96.1 Å². The van der Waals surface area contributed by atoms with Crippen molar-refractivity contribution in [1.82, 2.24) is 24.8 Å². The average molecular weight is 221 g/mol. The van der Waals surface area contributed by atoms with Gasteiger partial charge < -0.3 is 0 Å². The van der Waals surface area contributed by atoms with Gasteiger partial charge in [-0.05, 0) is 33.8 Å². The molecule has 0 spiro atoms. The van der Waals surface area contributed by atoms with E-state index in [9.17, 15) is 0 Å². The Morgan fingerprint density at radius 1 is 0.875 bits per heavy atom. The molecule has 88 valence electrons. The minimum absolute atomic E-state index is 0.428. The molecule has 5 heteroatoms. The molecule has 2 heterocycles. The van der Waals surface area contributed by atoms with Crippen LogP contribution in [0.2, 0.25) is 0 Å². The minimum atomic E-state index is 0.428. The summed E-state index contributed by atoms with van der Waals surface area (Å²) in [4.78, 5) is 0. The second-order valence-corrected chi connectivity index (χ2v) is 4.06. The highest BCUT2D eigenvalue weighted by Crippen LogP contribution is 1.98. The molecule has 0 saturated heterocycles. The molecule has 16 heavy (non-hydrogen) atoms. The fourth-order valence-electron chi connectivity index (χ4n) is 1.08. The van der Waals surface area contributed by atoms with E-state index in [0.717, 1.165) is 0 Å². The summed E-state index contributed by atoms with van der Waals surface area (Å²) in [6, 6.07) is 2.85. The number of nitrogens with zero attached hydrogens (tertiary/aromatic N) is 5. The van der Waals surface area contributed by atoms with E-state index in [1.807, 2.05) is 23.1 Å². The molecule has 5 nitrogen and oxygen atoms in total. The Kier molecular flexibility index (Phi) is 4.69. The van der Waals surface area contributed by atoms with Crippen LogP contribution in [-0.4, -0.2) is 24.8 Å². The van der Waals surface area contributed by atoms with Gasteiger partial charge in [0.05, 0.1) is 6.20 Å². The van der Waals surface area contributed by atoms with E-state index in [-0.39, 0.29) is 0 Å². The summed E-state index contributed by atoms with van der Waals surface area (Å²) in [7, 11) is 0. The lowest BCUT2D eigenvalue weighted by atomic mass is 10.4. The SMILES string of the molecule is CC(C)n1cccn1.CC(C)n1ccnn1. The highest BCUT2D eigenvalue weighted by Gasteiger charge is 1.93. The van der Waals surface area contributed by atoms with Crippen LogP contribution in [0.5, 0.6) is 0 Å². The highest BCUT2D eigenvalue weighted by atomic mass is 15.4. The second-order valence-electron chi connectivity index (χ2n) is 4.06. The van der Waals surface area contributed by atoms with Gasteiger partial charge in [0.1, 0.15) is 0 Å². The molecule has 0 fully saturated rings. The van der Waals surface area contributed by atoms with Crippen molar-refractivity contribution in [3.63, 3.8) is 0 Å². The third-order valence-electron chi connectivity index (χ3n) is 2.02. The van der Waals surface area contributed by atoms with E-state index < -0.39 is 0 Å². The maximum atomic E-state index is 4.03. The van der Waals surface area contributed by atoms with Gasteiger partial charge in [0.2, 0.25) is 0 Å². The van der Waals surface area contributed by atoms with Crippen LogP contribution in [0.3, 0.4) is 0 Å². The minimum Gasteiger partial charge on any atom is -0.270 e. The van der Waals surface area contributed by atoms with Crippen molar-refractivity contribution in [3.8, 4) is 0 Å². The molecule has 2 rings (SSSR count). The quantitative estimate of drug-likeness (QED) is 0.782. The third kappa shape index (κ3) is 3.84. The van der Waals surface area contributed by atoms with Crippen molar-refractivity contribution < 1.29 is 0 Å². The molecule has 0 aliphatic carbocycles. The normalized spacial score (nSPS) is 10.4. The van der Waals surface area contributed by atoms with Gasteiger partial charge in [-0.3, -0.25) is 9.36 Å². The summed E-state index contributed by atoms with van der Waals surface area (Å²) in [5, 5.41) is 11.5. The molecule has 0 aromatic carbocycles. The molecule has 0 atom stereocenters. The molecule has 0 N–H and O–H groups in total. The van der Waals surface area contributed by atoms with Crippen LogP contribution < -0.4 is 0 Å². The zero-order chi connectivity index (χ0) is 12.0. The van der Waals surface area contributed by atoms with Gasteiger partial charge in [0.15, 0.2) is 0 Å². The Morgan fingerprint density at radius 3 is 1.81 bits per heavy atom. The molecule has 0 bridgehead atoms. The summed E-state index contributed by atoms with van der Waals surface area (Å²) < 4.78 is 3.72. The Balaban J connectivity index is 0.000000160. The first-order valence-corrected chi connectivity index (χ1v) is 5.46. The molecule has 0 radical (unpaired) electrons. The van der Waals surface area contributed by atoms with Gasteiger partial charge in [0, 0.05) is 30.7 Å². The molecular formula is C11H19N5.